The number of hydrogen-bond donors (Lipinski definition) is 0. The fourth-order valence-corrected chi connectivity index (χ4v) is 1.96. The van der Waals surface area contributed by atoms with Crippen LogP contribution in [-0.4, -0.2) is 44.4 Å². The van der Waals surface area contributed by atoms with Gasteiger partial charge in [-0.15, -0.1) is 0 Å². The number of hydrogen-bond acceptors (Lipinski definition) is 3. The molecule has 4 heteroatoms. The quantitative estimate of drug-likeness (QED) is 0.681. The molecule has 0 saturated heterocycles. The molecule has 1 amide bonds. The Balaban J connectivity index is 2.37. The van der Waals surface area contributed by atoms with Gasteiger partial charge in [0.1, 0.15) is 0 Å². The van der Waals surface area contributed by atoms with E-state index in [1.165, 1.54) is 7.11 Å². The molecule has 1 aliphatic rings. The summed E-state index contributed by atoms with van der Waals surface area (Å²) in [6.07, 6.45) is 4.20. The Morgan fingerprint density at radius 1 is 1.21 bits per heavy atom. The van der Waals surface area contributed by atoms with Crippen LogP contribution in [0.2, 0.25) is 0 Å². The number of methoxy groups -OCH3 is 2. The monoisotopic (exact) mass is 201 g/mol. The van der Waals surface area contributed by atoms with E-state index < -0.39 is 0 Å². The van der Waals surface area contributed by atoms with Gasteiger partial charge in [-0.1, -0.05) is 0 Å². The van der Waals surface area contributed by atoms with Crippen LogP contribution >= 0.6 is 0 Å². The summed E-state index contributed by atoms with van der Waals surface area (Å²) in [4.78, 5) is 12.9. The van der Waals surface area contributed by atoms with Gasteiger partial charge in [0.2, 0.25) is 0 Å². The normalized spacial score (nSPS) is 27.1. The number of rotatable bonds is 2. The number of carbonyl (C=O) groups is 1. The summed E-state index contributed by atoms with van der Waals surface area (Å²) in [6.45, 7) is 0. The van der Waals surface area contributed by atoms with Gasteiger partial charge in [0.25, 0.3) is 0 Å². The van der Waals surface area contributed by atoms with Gasteiger partial charge in [0.15, 0.2) is 0 Å². The molecule has 0 bridgehead atoms. The number of ether oxygens (including phenoxy) is 2. The van der Waals surface area contributed by atoms with Gasteiger partial charge in [0, 0.05) is 20.2 Å². The lowest BCUT2D eigenvalue weighted by Gasteiger charge is -2.33. The van der Waals surface area contributed by atoms with E-state index in [0.29, 0.717) is 12.1 Å². The molecule has 0 aromatic rings. The number of nitrogens with zero attached hydrogens (tertiary/aromatic N) is 1. The second kappa shape index (κ2) is 5.20. The van der Waals surface area contributed by atoms with Gasteiger partial charge in [0.05, 0.1) is 13.2 Å². The molecule has 0 aromatic heterocycles. The zero-order chi connectivity index (χ0) is 10.6. The molecule has 0 radical (unpaired) electrons. The minimum absolute atomic E-state index is 0.245. The molecule has 1 aliphatic carbocycles. The van der Waals surface area contributed by atoms with E-state index >= 15 is 0 Å². The van der Waals surface area contributed by atoms with Crippen molar-refractivity contribution in [1.82, 2.24) is 4.90 Å². The molecule has 0 heterocycles. The van der Waals surface area contributed by atoms with Gasteiger partial charge in [-0.2, -0.15) is 0 Å². The third-order valence-electron chi connectivity index (χ3n) is 2.99. The maximum Gasteiger partial charge on any atom is 0.409 e. The highest BCUT2D eigenvalue weighted by molar-refractivity contribution is 5.67. The van der Waals surface area contributed by atoms with Gasteiger partial charge >= 0.3 is 6.09 Å². The lowest BCUT2D eigenvalue weighted by atomic mass is 9.92. The van der Waals surface area contributed by atoms with Crippen molar-refractivity contribution in [2.24, 2.45) is 0 Å². The van der Waals surface area contributed by atoms with Crippen molar-refractivity contribution in [2.45, 2.75) is 37.8 Å². The first-order valence-electron chi connectivity index (χ1n) is 5.02. The number of carbonyl (C=O) groups excluding carboxylic acids is 1. The van der Waals surface area contributed by atoms with Crippen LogP contribution < -0.4 is 0 Å². The molecular weight excluding hydrogens is 182 g/mol. The zero-order valence-electron chi connectivity index (χ0n) is 9.16. The molecule has 1 fully saturated rings. The Bertz CT molecular complexity index is 188. The largest absolute Gasteiger partial charge is 0.453 e. The van der Waals surface area contributed by atoms with E-state index in [1.54, 1.807) is 19.1 Å². The third kappa shape index (κ3) is 2.61. The smallest absolute Gasteiger partial charge is 0.409 e. The van der Waals surface area contributed by atoms with Crippen molar-refractivity contribution in [3.8, 4) is 0 Å². The number of amides is 1. The van der Waals surface area contributed by atoms with Crippen LogP contribution in [0.5, 0.6) is 0 Å². The fraction of sp³-hybridized carbons (Fsp3) is 0.900. The van der Waals surface area contributed by atoms with E-state index in [9.17, 15) is 4.79 Å². The predicted octanol–water partition coefficient (Wildman–Crippen LogP) is 1.64. The van der Waals surface area contributed by atoms with Crippen LogP contribution in [-0.2, 0) is 9.47 Å². The summed E-state index contributed by atoms with van der Waals surface area (Å²) < 4.78 is 9.95. The Hall–Kier alpha value is -0.770. The zero-order valence-corrected chi connectivity index (χ0v) is 9.16. The molecule has 1 rings (SSSR count). The molecule has 1 saturated carbocycles. The van der Waals surface area contributed by atoms with Crippen LogP contribution in [0.15, 0.2) is 0 Å². The van der Waals surface area contributed by atoms with Crippen LogP contribution in [0, 0.1) is 0 Å². The Morgan fingerprint density at radius 3 is 2.21 bits per heavy atom. The molecule has 82 valence electrons. The molecule has 14 heavy (non-hydrogen) atoms. The summed E-state index contributed by atoms with van der Waals surface area (Å²) in [7, 11) is 4.96. The van der Waals surface area contributed by atoms with Crippen molar-refractivity contribution in [2.75, 3.05) is 21.3 Å². The SMILES string of the molecule is COC(=O)N(C)[C@H]1CC[C@H](OC)CC1. The van der Waals surface area contributed by atoms with Gasteiger partial charge in [-0.3, -0.25) is 0 Å². The van der Waals surface area contributed by atoms with E-state index in [0.717, 1.165) is 25.7 Å². The van der Waals surface area contributed by atoms with Crippen molar-refractivity contribution in [3.05, 3.63) is 0 Å². The van der Waals surface area contributed by atoms with Gasteiger partial charge in [-0.05, 0) is 25.7 Å². The summed E-state index contributed by atoms with van der Waals surface area (Å²) >= 11 is 0. The summed E-state index contributed by atoms with van der Waals surface area (Å²) in [6, 6.07) is 0.314. The summed E-state index contributed by atoms with van der Waals surface area (Å²) in [5.74, 6) is 0. The topological polar surface area (TPSA) is 38.8 Å². The Kier molecular flexibility index (Phi) is 4.20. The summed E-state index contributed by atoms with van der Waals surface area (Å²) in [5.41, 5.74) is 0. The molecule has 0 N–H and O–H groups in total. The summed E-state index contributed by atoms with van der Waals surface area (Å²) in [5, 5.41) is 0. The van der Waals surface area contributed by atoms with Crippen LogP contribution in [0.3, 0.4) is 0 Å². The van der Waals surface area contributed by atoms with Crippen LogP contribution in [0.1, 0.15) is 25.7 Å². The predicted molar refractivity (Wildman–Crippen MR) is 53.2 cm³/mol. The second-order valence-corrected chi connectivity index (χ2v) is 3.75. The molecule has 0 aromatic carbocycles. The highest BCUT2D eigenvalue weighted by Gasteiger charge is 2.26. The first kappa shape index (κ1) is 11.3. The lowest BCUT2D eigenvalue weighted by molar-refractivity contribution is 0.0415. The first-order chi connectivity index (χ1) is 6.69. The van der Waals surface area contributed by atoms with Crippen LogP contribution in [0.25, 0.3) is 0 Å². The third-order valence-corrected chi connectivity index (χ3v) is 2.99. The average molecular weight is 201 g/mol. The highest BCUT2D eigenvalue weighted by Crippen LogP contribution is 2.24. The van der Waals surface area contributed by atoms with Crippen molar-refractivity contribution in [1.29, 1.82) is 0 Å². The molecule has 0 spiro atoms. The molecule has 4 nitrogen and oxygen atoms in total. The maximum atomic E-state index is 11.2. The molecule has 0 atom stereocenters. The average Bonchev–Trinajstić information content (AvgIpc) is 2.27. The lowest BCUT2D eigenvalue weighted by Crippen LogP contribution is -2.40. The van der Waals surface area contributed by atoms with Gasteiger partial charge < -0.3 is 14.4 Å². The Morgan fingerprint density at radius 2 is 1.79 bits per heavy atom. The highest BCUT2D eigenvalue weighted by atomic mass is 16.5. The molecule has 0 aliphatic heterocycles. The molecule has 0 unspecified atom stereocenters. The fourth-order valence-electron chi connectivity index (χ4n) is 1.96. The minimum Gasteiger partial charge on any atom is -0.453 e. The minimum atomic E-state index is -0.245. The van der Waals surface area contributed by atoms with Crippen molar-refractivity contribution >= 4 is 6.09 Å². The van der Waals surface area contributed by atoms with E-state index in [1.807, 2.05) is 0 Å². The van der Waals surface area contributed by atoms with E-state index in [-0.39, 0.29) is 6.09 Å². The van der Waals surface area contributed by atoms with Crippen LogP contribution in [0.4, 0.5) is 4.79 Å². The first-order valence-corrected chi connectivity index (χ1v) is 5.02. The van der Waals surface area contributed by atoms with Gasteiger partial charge in [-0.25, -0.2) is 4.79 Å². The van der Waals surface area contributed by atoms with E-state index in [4.69, 9.17) is 4.74 Å². The van der Waals surface area contributed by atoms with Crippen molar-refractivity contribution in [3.63, 3.8) is 0 Å². The maximum absolute atomic E-state index is 11.2. The van der Waals surface area contributed by atoms with E-state index in [2.05, 4.69) is 4.74 Å². The second-order valence-electron chi connectivity index (χ2n) is 3.75. The Labute approximate surface area is 85.2 Å². The standard InChI is InChI=1S/C10H19NO3/c1-11(10(12)14-3)8-4-6-9(13-2)7-5-8/h8-9H,4-7H2,1-3H3/t8-,9-. The van der Waals surface area contributed by atoms with Crippen molar-refractivity contribution < 1.29 is 14.3 Å². The molecular formula is C10H19NO3.